The van der Waals surface area contributed by atoms with Gasteiger partial charge in [0.1, 0.15) is 0 Å². The molecule has 3 nitrogen and oxygen atoms in total. The highest BCUT2D eigenvalue weighted by Gasteiger charge is 1.85. The van der Waals surface area contributed by atoms with Gasteiger partial charge in [0.05, 0.1) is 0 Å². The summed E-state index contributed by atoms with van der Waals surface area (Å²) in [7, 11) is 1.98. The molecule has 0 rings (SSSR count). The molecule has 0 amide bonds. The average molecular weight is 280 g/mol. The highest BCUT2D eigenvalue weighted by Crippen LogP contribution is 1.87. The Morgan fingerprint density at radius 3 is 1.78 bits per heavy atom. The van der Waals surface area contributed by atoms with Gasteiger partial charge >= 0.3 is 0 Å². The van der Waals surface area contributed by atoms with Gasteiger partial charge in [-0.25, -0.2) is 0 Å². The van der Waals surface area contributed by atoms with Crippen molar-refractivity contribution in [2.24, 2.45) is 8.73 Å². The van der Waals surface area contributed by atoms with E-state index < -0.39 is 10.5 Å². The molecule has 0 bridgehead atoms. The second-order valence-electron chi connectivity index (χ2n) is 0.972. The SMILES string of the molecule is C/N=[SH](=N/C)/C(=O)S.I. The van der Waals surface area contributed by atoms with Crippen molar-refractivity contribution >= 4 is 51.5 Å². The summed E-state index contributed by atoms with van der Waals surface area (Å²) < 4.78 is 7.11. The van der Waals surface area contributed by atoms with Gasteiger partial charge in [0.15, 0.2) is 0 Å². The lowest BCUT2D eigenvalue weighted by atomic mass is 11.6. The van der Waals surface area contributed by atoms with E-state index in [-0.39, 0.29) is 28.4 Å². The lowest BCUT2D eigenvalue weighted by Gasteiger charge is -1.82. The van der Waals surface area contributed by atoms with E-state index in [9.17, 15) is 4.79 Å². The molecule has 0 saturated heterocycles. The van der Waals surface area contributed by atoms with Crippen LogP contribution in [-0.4, -0.2) is 18.5 Å². The molecule has 9 heavy (non-hydrogen) atoms. The van der Waals surface area contributed by atoms with Crippen molar-refractivity contribution in [3.05, 3.63) is 0 Å². The number of thiol groups is 2. The van der Waals surface area contributed by atoms with E-state index in [1.54, 1.807) is 14.1 Å². The summed E-state index contributed by atoms with van der Waals surface area (Å²) in [5.41, 5.74) is 0. The van der Waals surface area contributed by atoms with Crippen LogP contribution in [0.4, 0.5) is 4.79 Å². The van der Waals surface area contributed by atoms with Crippen molar-refractivity contribution < 1.29 is 4.79 Å². The number of rotatable bonds is 0. The van der Waals surface area contributed by atoms with E-state index in [0.717, 1.165) is 0 Å². The fourth-order valence-electron chi connectivity index (χ4n) is 0.261. The molecule has 1 unspecified atom stereocenters. The van der Waals surface area contributed by atoms with Crippen molar-refractivity contribution in [2.75, 3.05) is 14.1 Å². The van der Waals surface area contributed by atoms with Crippen LogP contribution in [0.3, 0.4) is 0 Å². The Morgan fingerprint density at radius 2 is 1.78 bits per heavy atom. The summed E-state index contributed by atoms with van der Waals surface area (Å²) in [4.78, 5) is 10.3. The molecule has 0 heterocycles. The van der Waals surface area contributed by atoms with Crippen molar-refractivity contribution in [3.8, 4) is 0 Å². The molecule has 56 valence electrons. The maximum Gasteiger partial charge on any atom is 0.259 e. The molecular formula is C3H9IN2OS2. The number of carbonyl (C=O) groups is 1. The zero-order valence-corrected chi connectivity index (χ0v) is 9.22. The maximum absolute atomic E-state index is 10.3. The molecular weight excluding hydrogens is 271 g/mol. The molecule has 0 aromatic carbocycles. The van der Waals surface area contributed by atoms with Gasteiger partial charge in [0.25, 0.3) is 4.45 Å². The number of hydrogen-bond donors (Lipinski definition) is 2. The summed E-state index contributed by atoms with van der Waals surface area (Å²) in [5.74, 6) is 0. The van der Waals surface area contributed by atoms with Gasteiger partial charge in [0.2, 0.25) is 0 Å². The molecule has 0 N–H and O–H groups in total. The Labute approximate surface area is 78.9 Å². The molecule has 0 fully saturated rings. The third-order valence-electron chi connectivity index (χ3n) is 0.550. The average Bonchev–Trinajstić information content (AvgIpc) is 1.69. The molecule has 0 aliphatic rings. The Balaban J connectivity index is 0. The Kier molecular flexibility index (Phi) is 9.38. The summed E-state index contributed by atoms with van der Waals surface area (Å²) in [6, 6.07) is 0. The van der Waals surface area contributed by atoms with Crippen LogP contribution in [0.2, 0.25) is 0 Å². The van der Waals surface area contributed by atoms with Crippen LogP contribution >= 0.6 is 36.6 Å². The fraction of sp³-hybridized carbons (Fsp3) is 0.667. The minimum atomic E-state index is -1.14. The molecule has 0 aliphatic heterocycles. The van der Waals surface area contributed by atoms with Crippen LogP contribution in [0.25, 0.3) is 0 Å². The summed E-state index contributed by atoms with van der Waals surface area (Å²) >= 11 is 3.56. The Bertz CT molecular complexity index is 163. The highest BCUT2D eigenvalue weighted by molar-refractivity contribution is 14.0. The second-order valence-corrected chi connectivity index (χ2v) is 3.52. The topological polar surface area (TPSA) is 41.8 Å². The van der Waals surface area contributed by atoms with Crippen molar-refractivity contribution in [1.82, 2.24) is 0 Å². The van der Waals surface area contributed by atoms with Crippen LogP contribution in [-0.2, 0) is 10.5 Å². The van der Waals surface area contributed by atoms with Gasteiger partial charge in [-0.3, -0.25) is 13.5 Å². The number of nitrogens with zero attached hydrogens (tertiary/aromatic N) is 2. The summed E-state index contributed by atoms with van der Waals surface area (Å²) in [6.07, 6.45) is 0. The Morgan fingerprint density at radius 1 is 1.44 bits per heavy atom. The smallest absolute Gasteiger partial charge is 0.259 e. The first kappa shape index (κ1) is 12.4. The first-order valence-corrected chi connectivity index (χ1v) is 3.64. The second kappa shape index (κ2) is 6.81. The summed E-state index contributed by atoms with van der Waals surface area (Å²) in [5, 5.41) is 0. The van der Waals surface area contributed by atoms with E-state index in [1.807, 2.05) is 0 Å². The zero-order valence-electron chi connectivity index (χ0n) is 5.11. The van der Waals surface area contributed by atoms with E-state index in [1.165, 1.54) is 0 Å². The summed E-state index contributed by atoms with van der Waals surface area (Å²) in [6.45, 7) is 0. The third kappa shape index (κ3) is 5.16. The zero-order chi connectivity index (χ0) is 6.57. The van der Waals surface area contributed by atoms with Gasteiger partial charge in [-0.05, 0) is 10.5 Å². The lowest BCUT2D eigenvalue weighted by molar-refractivity contribution is 0.276. The van der Waals surface area contributed by atoms with E-state index >= 15 is 0 Å². The third-order valence-corrected chi connectivity index (χ3v) is 2.19. The number of hydrogen-bond acceptors (Lipinski definition) is 3. The van der Waals surface area contributed by atoms with E-state index in [2.05, 4.69) is 21.4 Å². The largest absolute Gasteiger partial charge is 0.273 e. The van der Waals surface area contributed by atoms with Crippen LogP contribution in [0.5, 0.6) is 0 Å². The first-order valence-electron chi connectivity index (χ1n) is 1.95. The molecule has 0 saturated carbocycles. The van der Waals surface area contributed by atoms with Crippen LogP contribution in [0.15, 0.2) is 8.73 Å². The standard InChI is InChI=1S/C3H8N2OS2.HI/c1-4-8(5-2)3(6)7;/h8H,1-2H3,(H,6,7);1H. The normalized spacial score (nSPS) is 12.8. The molecule has 0 aromatic rings. The predicted octanol–water partition coefficient (Wildman–Crippen LogP) is 1.63. The lowest BCUT2D eigenvalue weighted by Crippen LogP contribution is -1.82. The molecule has 1 atom stereocenters. The quantitative estimate of drug-likeness (QED) is 0.514. The minimum absolute atomic E-state index is 0. The van der Waals surface area contributed by atoms with E-state index in [4.69, 9.17) is 0 Å². The van der Waals surface area contributed by atoms with Gasteiger partial charge in [-0.15, -0.1) is 24.0 Å². The highest BCUT2D eigenvalue weighted by atomic mass is 127. The first-order chi connectivity index (χ1) is 3.72. The van der Waals surface area contributed by atoms with Gasteiger partial charge < -0.3 is 0 Å². The van der Waals surface area contributed by atoms with Crippen molar-refractivity contribution in [1.29, 1.82) is 0 Å². The van der Waals surface area contributed by atoms with Gasteiger partial charge in [-0.2, -0.15) is 0 Å². The molecule has 6 heteroatoms. The maximum atomic E-state index is 10.3. The molecule has 0 aromatic heterocycles. The van der Waals surface area contributed by atoms with Gasteiger partial charge in [-0.1, -0.05) is 12.6 Å². The van der Waals surface area contributed by atoms with Crippen molar-refractivity contribution in [3.63, 3.8) is 0 Å². The Hall–Kier alpha value is 0.700. The number of halogens is 1. The van der Waals surface area contributed by atoms with E-state index in [0.29, 0.717) is 0 Å². The van der Waals surface area contributed by atoms with Crippen LogP contribution in [0.1, 0.15) is 0 Å². The fourth-order valence-corrected chi connectivity index (χ4v) is 1.32. The monoisotopic (exact) mass is 280 g/mol. The van der Waals surface area contributed by atoms with Gasteiger partial charge in [0, 0.05) is 14.1 Å². The molecule has 0 radical (unpaired) electrons. The van der Waals surface area contributed by atoms with Crippen molar-refractivity contribution in [2.45, 2.75) is 0 Å². The minimum Gasteiger partial charge on any atom is -0.273 e. The molecule has 0 spiro atoms. The molecule has 0 aliphatic carbocycles. The van der Waals surface area contributed by atoms with Crippen LogP contribution < -0.4 is 0 Å². The number of carbonyl (C=O) groups excluding carboxylic acids is 1. The van der Waals surface area contributed by atoms with Crippen LogP contribution in [0, 0.1) is 0 Å². The predicted molar refractivity (Wildman–Crippen MR) is 55.3 cm³/mol.